The van der Waals surface area contributed by atoms with E-state index < -0.39 is 9.84 Å². The number of amides is 1. The lowest BCUT2D eigenvalue weighted by molar-refractivity contribution is -0.111. The van der Waals surface area contributed by atoms with Crippen molar-refractivity contribution in [2.45, 2.75) is 19.4 Å². The van der Waals surface area contributed by atoms with Gasteiger partial charge in [-0.15, -0.1) is 0 Å². The highest BCUT2D eigenvalue weighted by Gasteiger charge is 2.31. The lowest BCUT2D eigenvalue weighted by atomic mass is 10.2. The van der Waals surface area contributed by atoms with Crippen LogP contribution in [0.3, 0.4) is 0 Å². The molecule has 1 unspecified atom stereocenters. The number of anilines is 1. The summed E-state index contributed by atoms with van der Waals surface area (Å²) in [6.45, 7) is 1.79. The van der Waals surface area contributed by atoms with Gasteiger partial charge in [0.2, 0.25) is 5.91 Å². The molecule has 6 nitrogen and oxygen atoms in total. The van der Waals surface area contributed by atoms with Gasteiger partial charge in [-0.05, 0) is 37.1 Å². The summed E-state index contributed by atoms with van der Waals surface area (Å²) in [7, 11) is -3.05. The van der Waals surface area contributed by atoms with E-state index in [-0.39, 0.29) is 23.5 Å². The van der Waals surface area contributed by atoms with Crippen molar-refractivity contribution in [1.82, 2.24) is 9.78 Å². The second-order valence-electron chi connectivity index (χ2n) is 6.16. The molecule has 1 atom stereocenters. The predicted octanol–water partition coefficient (Wildman–Crippen LogP) is 3.51. The van der Waals surface area contributed by atoms with Gasteiger partial charge in [-0.1, -0.05) is 29.3 Å². The molecular weight excluding hydrogens is 397 g/mol. The molecule has 2 heterocycles. The summed E-state index contributed by atoms with van der Waals surface area (Å²) in [5, 5.41) is 8.04. The fraction of sp³-hybridized carbons (Fsp3) is 0.294. The van der Waals surface area contributed by atoms with E-state index in [0.717, 1.165) is 0 Å². The van der Waals surface area contributed by atoms with E-state index in [2.05, 4.69) is 10.4 Å². The highest BCUT2D eigenvalue weighted by Crippen LogP contribution is 2.27. The molecule has 1 aliphatic rings. The van der Waals surface area contributed by atoms with Crippen LogP contribution in [0.5, 0.6) is 0 Å². The second kappa shape index (κ2) is 7.42. The number of rotatable bonds is 4. The first-order chi connectivity index (χ1) is 12.2. The molecule has 1 amide bonds. The highest BCUT2D eigenvalue weighted by molar-refractivity contribution is 7.91. The minimum atomic E-state index is -3.05. The lowest BCUT2D eigenvalue weighted by Gasteiger charge is -2.13. The van der Waals surface area contributed by atoms with Gasteiger partial charge in [0.25, 0.3) is 0 Å². The number of nitrogens with zero attached hydrogens (tertiary/aromatic N) is 2. The molecule has 0 radical (unpaired) electrons. The Morgan fingerprint density at radius 2 is 2.12 bits per heavy atom. The molecule has 0 aliphatic carbocycles. The lowest BCUT2D eigenvalue weighted by Crippen LogP contribution is -2.18. The van der Waals surface area contributed by atoms with Gasteiger partial charge >= 0.3 is 0 Å². The van der Waals surface area contributed by atoms with Gasteiger partial charge in [0.1, 0.15) is 5.82 Å². The molecule has 138 valence electrons. The third-order valence-corrected chi connectivity index (χ3v) is 6.35. The second-order valence-corrected chi connectivity index (χ2v) is 9.23. The number of hydrogen-bond acceptors (Lipinski definition) is 4. The van der Waals surface area contributed by atoms with Crippen molar-refractivity contribution in [2.75, 3.05) is 16.8 Å². The standard InChI is InChI=1S/C17H17Cl2N3O3S/c1-11-8-16(22(21-11)14-6-7-26(24,25)10-14)20-17(23)5-3-12-2-4-13(18)9-15(12)19/h2-5,8-9,14H,6-7,10H2,1H3,(H,20,23). The maximum Gasteiger partial charge on any atom is 0.249 e. The fourth-order valence-corrected chi connectivity index (χ4v) is 4.99. The summed E-state index contributed by atoms with van der Waals surface area (Å²) in [4.78, 5) is 12.2. The topological polar surface area (TPSA) is 81.1 Å². The van der Waals surface area contributed by atoms with Crippen molar-refractivity contribution in [3.63, 3.8) is 0 Å². The number of halogens is 2. The zero-order valence-electron chi connectivity index (χ0n) is 13.9. The van der Waals surface area contributed by atoms with Crippen LogP contribution in [-0.4, -0.2) is 35.6 Å². The molecule has 1 fully saturated rings. The monoisotopic (exact) mass is 413 g/mol. The van der Waals surface area contributed by atoms with Gasteiger partial charge in [0, 0.05) is 22.2 Å². The van der Waals surface area contributed by atoms with Gasteiger partial charge in [-0.3, -0.25) is 4.79 Å². The van der Waals surface area contributed by atoms with Crippen LogP contribution < -0.4 is 5.32 Å². The Balaban J connectivity index is 1.75. The molecule has 1 aromatic heterocycles. The molecule has 0 saturated carbocycles. The molecule has 3 rings (SSSR count). The zero-order valence-corrected chi connectivity index (χ0v) is 16.3. The molecule has 1 aliphatic heterocycles. The number of aromatic nitrogens is 2. The maximum atomic E-state index is 12.2. The summed E-state index contributed by atoms with van der Waals surface area (Å²) in [5.74, 6) is 0.283. The Kier molecular flexibility index (Phi) is 5.41. The van der Waals surface area contributed by atoms with E-state index in [4.69, 9.17) is 23.2 Å². The molecule has 26 heavy (non-hydrogen) atoms. The molecule has 2 aromatic rings. The summed E-state index contributed by atoms with van der Waals surface area (Å²) in [5.41, 5.74) is 1.37. The van der Waals surface area contributed by atoms with Gasteiger partial charge in [0.05, 0.1) is 23.2 Å². The Morgan fingerprint density at radius 3 is 2.77 bits per heavy atom. The van der Waals surface area contributed by atoms with Crippen molar-refractivity contribution in [2.24, 2.45) is 0 Å². The number of benzene rings is 1. The first kappa shape index (κ1) is 18.9. The molecule has 0 spiro atoms. The maximum absolute atomic E-state index is 12.2. The van der Waals surface area contributed by atoms with Crippen molar-refractivity contribution in [1.29, 1.82) is 0 Å². The van der Waals surface area contributed by atoms with Crippen molar-refractivity contribution in [3.8, 4) is 0 Å². The molecule has 9 heteroatoms. The van der Waals surface area contributed by atoms with E-state index in [0.29, 0.717) is 33.5 Å². The normalized spacial score (nSPS) is 19.1. The SMILES string of the molecule is Cc1cc(NC(=O)C=Cc2ccc(Cl)cc2Cl)n(C2CCS(=O)(=O)C2)n1. The smallest absolute Gasteiger partial charge is 0.249 e. The first-order valence-electron chi connectivity index (χ1n) is 7.94. The van der Waals surface area contributed by atoms with Crippen LogP contribution >= 0.6 is 23.2 Å². The Morgan fingerprint density at radius 1 is 1.35 bits per heavy atom. The third-order valence-electron chi connectivity index (χ3n) is 4.04. The Labute approximate surface area is 161 Å². The third kappa shape index (κ3) is 4.47. The fourth-order valence-electron chi connectivity index (χ4n) is 2.83. The summed E-state index contributed by atoms with van der Waals surface area (Å²) >= 11 is 11.9. The molecule has 0 bridgehead atoms. The Hall–Kier alpha value is -1.83. The number of nitrogens with one attached hydrogen (secondary N) is 1. The quantitative estimate of drug-likeness (QED) is 0.777. The average molecular weight is 414 g/mol. The van der Waals surface area contributed by atoms with Crippen molar-refractivity contribution in [3.05, 3.63) is 51.6 Å². The molecular formula is C17H17Cl2N3O3S. The number of aryl methyl sites for hydroxylation is 1. The minimum absolute atomic E-state index is 0.0349. The van der Waals surface area contributed by atoms with Crippen molar-refractivity contribution >= 4 is 50.8 Å². The van der Waals surface area contributed by atoms with Crippen LogP contribution in [0.15, 0.2) is 30.3 Å². The van der Waals surface area contributed by atoms with E-state index in [1.165, 1.54) is 6.08 Å². The van der Waals surface area contributed by atoms with E-state index >= 15 is 0 Å². The molecule has 1 saturated heterocycles. The van der Waals surface area contributed by atoms with Gasteiger partial charge in [0.15, 0.2) is 9.84 Å². The number of sulfone groups is 1. The van der Waals surface area contributed by atoms with Crippen LogP contribution in [0, 0.1) is 6.92 Å². The zero-order chi connectivity index (χ0) is 18.9. The molecule has 1 aromatic carbocycles. The first-order valence-corrected chi connectivity index (χ1v) is 10.5. The van der Waals surface area contributed by atoms with Crippen LogP contribution in [-0.2, 0) is 14.6 Å². The van der Waals surface area contributed by atoms with E-state index in [9.17, 15) is 13.2 Å². The van der Waals surface area contributed by atoms with Crippen LogP contribution in [0.1, 0.15) is 23.7 Å². The summed E-state index contributed by atoms with van der Waals surface area (Å²) in [6.07, 6.45) is 3.43. The van der Waals surface area contributed by atoms with Crippen LogP contribution in [0.25, 0.3) is 6.08 Å². The van der Waals surface area contributed by atoms with Gasteiger partial charge < -0.3 is 5.32 Å². The number of carbonyl (C=O) groups excluding carboxylic acids is 1. The largest absolute Gasteiger partial charge is 0.307 e. The van der Waals surface area contributed by atoms with Gasteiger partial charge in [-0.25, -0.2) is 13.1 Å². The van der Waals surface area contributed by atoms with Crippen LogP contribution in [0.2, 0.25) is 10.0 Å². The number of hydrogen-bond donors (Lipinski definition) is 1. The van der Waals surface area contributed by atoms with Crippen LogP contribution in [0.4, 0.5) is 5.82 Å². The Bertz CT molecular complexity index is 983. The molecule has 1 N–H and O–H groups in total. The van der Waals surface area contributed by atoms with Crippen molar-refractivity contribution < 1.29 is 13.2 Å². The number of carbonyl (C=O) groups is 1. The predicted molar refractivity (Wildman–Crippen MR) is 103 cm³/mol. The highest BCUT2D eigenvalue weighted by atomic mass is 35.5. The minimum Gasteiger partial charge on any atom is -0.307 e. The average Bonchev–Trinajstić information content (AvgIpc) is 3.08. The summed E-state index contributed by atoms with van der Waals surface area (Å²) < 4.78 is 25.0. The van der Waals surface area contributed by atoms with E-state index in [1.807, 2.05) is 0 Å². The van der Waals surface area contributed by atoms with E-state index in [1.54, 1.807) is 41.9 Å². The summed E-state index contributed by atoms with van der Waals surface area (Å²) in [6, 6.07) is 6.45. The van der Waals surface area contributed by atoms with Gasteiger partial charge in [-0.2, -0.15) is 5.10 Å².